The number of aryl methyl sites for hydroxylation is 1. The van der Waals surface area contributed by atoms with Crippen molar-refractivity contribution >= 4 is 28.5 Å². The molecule has 2 aliphatic rings. The van der Waals surface area contributed by atoms with Crippen LogP contribution in [-0.2, 0) is 22.4 Å². The van der Waals surface area contributed by atoms with Crippen LogP contribution in [0.4, 0.5) is 5.69 Å². The zero-order valence-electron chi connectivity index (χ0n) is 17.4. The summed E-state index contributed by atoms with van der Waals surface area (Å²) in [6.07, 6.45) is 7.25. The molecule has 1 aromatic carbocycles. The second kappa shape index (κ2) is 9.61. The van der Waals surface area contributed by atoms with Gasteiger partial charge in [-0.15, -0.1) is 0 Å². The maximum Gasteiger partial charge on any atom is 0.328 e. The number of carboxylic acid groups (broad SMARTS) is 2. The van der Waals surface area contributed by atoms with E-state index in [9.17, 15) is 9.59 Å². The number of hydrogen-bond donors (Lipinski definition) is 2. The van der Waals surface area contributed by atoms with Gasteiger partial charge in [-0.1, -0.05) is 13.0 Å². The largest absolute Gasteiger partial charge is 0.488 e. The van der Waals surface area contributed by atoms with Gasteiger partial charge in [0.1, 0.15) is 11.9 Å². The van der Waals surface area contributed by atoms with Crippen molar-refractivity contribution < 1.29 is 24.5 Å². The van der Waals surface area contributed by atoms with Crippen molar-refractivity contribution in [3.05, 3.63) is 41.6 Å². The standard InChI is InChI=1S/C19H24N2O.C4H4O4/c1-3-13-12-21(4-2)19-14-8-5-6-9-15(14)20-16-10-7-11-17(22-13)18(16)19;5-3(6)1-2-4(7)8/h7,10-11,13H,3-6,8-9,12H2,1-2H3;1-2H,(H,5,6)(H,7,8). The van der Waals surface area contributed by atoms with Crippen LogP contribution in [0.2, 0.25) is 0 Å². The number of carbonyl (C=O) groups is 2. The summed E-state index contributed by atoms with van der Waals surface area (Å²) in [4.78, 5) is 26.6. The first-order chi connectivity index (χ1) is 14.4. The highest BCUT2D eigenvalue weighted by Gasteiger charge is 2.28. The number of hydrogen-bond acceptors (Lipinski definition) is 5. The summed E-state index contributed by atoms with van der Waals surface area (Å²) in [6.45, 7) is 6.47. The number of pyridine rings is 1. The molecule has 0 fully saturated rings. The fourth-order valence-electron chi connectivity index (χ4n) is 4.06. The third-order valence-electron chi connectivity index (χ3n) is 5.46. The van der Waals surface area contributed by atoms with Gasteiger partial charge in [-0.25, -0.2) is 9.59 Å². The minimum atomic E-state index is -1.26. The van der Waals surface area contributed by atoms with E-state index in [1.54, 1.807) is 0 Å². The SMILES string of the molecule is CCC1CN(CC)c2c3c(nc4cccc(c24)O1)CCCC3.O=C(O)C=CC(=O)O. The molecule has 1 atom stereocenters. The Balaban J connectivity index is 0.000000275. The Morgan fingerprint density at radius 1 is 1.17 bits per heavy atom. The second-order valence-corrected chi connectivity index (χ2v) is 7.44. The van der Waals surface area contributed by atoms with Gasteiger partial charge < -0.3 is 19.8 Å². The number of aliphatic carboxylic acids is 2. The summed E-state index contributed by atoms with van der Waals surface area (Å²) in [7, 11) is 0. The lowest BCUT2D eigenvalue weighted by atomic mass is 9.92. The van der Waals surface area contributed by atoms with Gasteiger partial charge in [-0.2, -0.15) is 0 Å². The lowest BCUT2D eigenvalue weighted by Gasteiger charge is -2.29. The second-order valence-electron chi connectivity index (χ2n) is 7.44. The molecule has 160 valence electrons. The molecule has 0 saturated heterocycles. The fourth-order valence-corrected chi connectivity index (χ4v) is 4.06. The van der Waals surface area contributed by atoms with E-state index in [0.717, 1.165) is 43.6 Å². The third-order valence-corrected chi connectivity index (χ3v) is 5.46. The molecule has 0 saturated carbocycles. The topological polar surface area (TPSA) is 100.0 Å². The van der Waals surface area contributed by atoms with Crippen molar-refractivity contribution in [3.8, 4) is 5.75 Å². The molecule has 2 heterocycles. The lowest BCUT2D eigenvalue weighted by Crippen LogP contribution is -2.34. The van der Waals surface area contributed by atoms with E-state index in [1.807, 2.05) is 0 Å². The van der Waals surface area contributed by atoms with E-state index in [2.05, 4.69) is 36.9 Å². The molecular weight excluding hydrogens is 384 g/mol. The van der Waals surface area contributed by atoms with E-state index >= 15 is 0 Å². The van der Waals surface area contributed by atoms with Crippen LogP contribution < -0.4 is 9.64 Å². The Hall–Kier alpha value is -3.09. The zero-order chi connectivity index (χ0) is 21.7. The van der Waals surface area contributed by atoms with Gasteiger partial charge in [0.25, 0.3) is 0 Å². The molecule has 30 heavy (non-hydrogen) atoms. The summed E-state index contributed by atoms with van der Waals surface area (Å²) in [6, 6.07) is 6.34. The number of ether oxygens (including phenoxy) is 1. The lowest BCUT2D eigenvalue weighted by molar-refractivity contribution is -0.134. The molecule has 2 aromatic rings. The summed E-state index contributed by atoms with van der Waals surface area (Å²) >= 11 is 0. The Morgan fingerprint density at radius 3 is 2.50 bits per heavy atom. The van der Waals surface area contributed by atoms with Crippen LogP contribution in [0.25, 0.3) is 10.9 Å². The summed E-state index contributed by atoms with van der Waals surface area (Å²) < 4.78 is 6.32. The molecule has 1 aliphatic heterocycles. The Kier molecular flexibility index (Phi) is 6.92. The normalized spacial score (nSPS) is 17.5. The molecule has 7 heteroatoms. The van der Waals surface area contributed by atoms with Crippen LogP contribution in [0, 0.1) is 0 Å². The minimum absolute atomic E-state index is 0.261. The predicted molar refractivity (Wildman–Crippen MR) is 115 cm³/mol. The molecule has 0 radical (unpaired) electrons. The van der Waals surface area contributed by atoms with E-state index in [0.29, 0.717) is 12.2 Å². The number of anilines is 1. The Morgan fingerprint density at radius 2 is 1.87 bits per heavy atom. The highest BCUT2D eigenvalue weighted by Crippen LogP contribution is 2.42. The van der Waals surface area contributed by atoms with Crippen molar-refractivity contribution in [3.63, 3.8) is 0 Å². The van der Waals surface area contributed by atoms with Gasteiger partial charge >= 0.3 is 11.9 Å². The number of carboxylic acids is 2. The van der Waals surface area contributed by atoms with Crippen molar-refractivity contribution in [2.75, 3.05) is 18.0 Å². The van der Waals surface area contributed by atoms with Crippen LogP contribution in [0.15, 0.2) is 30.4 Å². The first kappa shape index (κ1) is 21.6. The highest BCUT2D eigenvalue weighted by molar-refractivity contribution is 5.99. The molecule has 0 bridgehead atoms. The molecule has 0 amide bonds. The summed E-state index contributed by atoms with van der Waals surface area (Å²) in [5, 5.41) is 16.9. The Labute approximate surface area is 176 Å². The molecule has 4 rings (SSSR count). The monoisotopic (exact) mass is 412 g/mol. The van der Waals surface area contributed by atoms with Gasteiger partial charge in [0, 0.05) is 24.4 Å². The number of nitrogens with zero attached hydrogens (tertiary/aromatic N) is 2. The molecule has 2 N–H and O–H groups in total. The van der Waals surface area contributed by atoms with E-state index < -0.39 is 11.9 Å². The van der Waals surface area contributed by atoms with Crippen molar-refractivity contribution in [1.29, 1.82) is 0 Å². The van der Waals surface area contributed by atoms with Gasteiger partial charge in [0.2, 0.25) is 0 Å². The molecule has 0 spiro atoms. The van der Waals surface area contributed by atoms with Crippen LogP contribution in [-0.4, -0.2) is 46.3 Å². The molecular formula is C23H28N2O5. The average Bonchev–Trinajstić information content (AvgIpc) is 2.91. The van der Waals surface area contributed by atoms with Gasteiger partial charge in [0.15, 0.2) is 0 Å². The van der Waals surface area contributed by atoms with Gasteiger partial charge in [0.05, 0.1) is 23.1 Å². The minimum Gasteiger partial charge on any atom is -0.488 e. The summed E-state index contributed by atoms with van der Waals surface area (Å²) in [5.74, 6) is -1.49. The number of fused-ring (bicyclic) bond motifs is 2. The van der Waals surface area contributed by atoms with Crippen LogP contribution in [0.5, 0.6) is 5.75 Å². The Bertz CT molecular complexity index is 954. The maximum absolute atomic E-state index is 9.55. The molecule has 7 nitrogen and oxygen atoms in total. The molecule has 1 aliphatic carbocycles. The van der Waals surface area contributed by atoms with E-state index in [1.165, 1.54) is 35.2 Å². The van der Waals surface area contributed by atoms with Crippen molar-refractivity contribution in [2.24, 2.45) is 0 Å². The van der Waals surface area contributed by atoms with Crippen molar-refractivity contribution in [2.45, 2.75) is 52.1 Å². The third kappa shape index (κ3) is 4.72. The predicted octanol–water partition coefficient (Wildman–Crippen LogP) is 3.82. The first-order valence-electron chi connectivity index (χ1n) is 10.4. The van der Waals surface area contributed by atoms with E-state index in [4.69, 9.17) is 19.9 Å². The van der Waals surface area contributed by atoms with Crippen molar-refractivity contribution in [1.82, 2.24) is 4.98 Å². The summed E-state index contributed by atoms with van der Waals surface area (Å²) in [5.41, 5.74) is 5.31. The fraction of sp³-hybridized carbons (Fsp3) is 0.435. The number of rotatable bonds is 4. The smallest absolute Gasteiger partial charge is 0.328 e. The number of likely N-dealkylation sites (N-methyl/N-ethyl adjacent to an activating group) is 1. The first-order valence-corrected chi connectivity index (χ1v) is 10.4. The maximum atomic E-state index is 9.55. The van der Waals surface area contributed by atoms with Gasteiger partial charge in [-0.3, -0.25) is 4.98 Å². The van der Waals surface area contributed by atoms with Crippen LogP contribution in [0.3, 0.4) is 0 Å². The zero-order valence-corrected chi connectivity index (χ0v) is 17.4. The molecule has 1 aromatic heterocycles. The van der Waals surface area contributed by atoms with Crippen LogP contribution in [0.1, 0.15) is 44.4 Å². The van der Waals surface area contributed by atoms with Crippen LogP contribution >= 0.6 is 0 Å². The van der Waals surface area contributed by atoms with Gasteiger partial charge in [-0.05, 0) is 56.7 Å². The number of benzene rings is 1. The average molecular weight is 412 g/mol. The van der Waals surface area contributed by atoms with E-state index in [-0.39, 0.29) is 6.10 Å². The number of aromatic nitrogens is 1. The molecule has 1 unspecified atom stereocenters. The quantitative estimate of drug-likeness (QED) is 0.736. The highest BCUT2D eigenvalue weighted by atomic mass is 16.5.